The third-order valence-corrected chi connectivity index (χ3v) is 2.53. The summed E-state index contributed by atoms with van der Waals surface area (Å²) in [5.74, 6) is -0.320. The van der Waals surface area contributed by atoms with Crippen molar-refractivity contribution in [1.82, 2.24) is 5.32 Å². The summed E-state index contributed by atoms with van der Waals surface area (Å²) >= 11 is 0. The van der Waals surface area contributed by atoms with Crippen molar-refractivity contribution in [2.24, 2.45) is 5.73 Å². The van der Waals surface area contributed by atoms with E-state index in [9.17, 15) is 4.79 Å². The highest BCUT2D eigenvalue weighted by Gasteiger charge is 2.05. The van der Waals surface area contributed by atoms with E-state index in [1.165, 1.54) is 11.1 Å². The number of nitrogens with one attached hydrogen (secondary N) is 1. The molecular formula is C12H19N3O. The van der Waals surface area contributed by atoms with E-state index in [0.29, 0.717) is 0 Å². The highest BCUT2D eigenvalue weighted by molar-refractivity contribution is 5.79. The Bertz CT molecular complexity index is 377. The summed E-state index contributed by atoms with van der Waals surface area (Å²) in [6, 6.07) is 6.14. The Morgan fingerprint density at radius 2 is 2.19 bits per heavy atom. The van der Waals surface area contributed by atoms with Crippen molar-refractivity contribution in [3.63, 3.8) is 0 Å². The average Bonchev–Trinajstić information content (AvgIpc) is 2.20. The minimum absolute atomic E-state index is 0.241. The van der Waals surface area contributed by atoms with Crippen molar-refractivity contribution in [3.05, 3.63) is 29.3 Å². The number of carbonyl (C=O) groups is 1. The van der Waals surface area contributed by atoms with Crippen molar-refractivity contribution >= 4 is 11.6 Å². The summed E-state index contributed by atoms with van der Waals surface area (Å²) in [6.07, 6.45) is 0. The summed E-state index contributed by atoms with van der Waals surface area (Å²) in [6.45, 7) is 3.16. The molecule has 1 rings (SSSR count). The van der Waals surface area contributed by atoms with Gasteiger partial charge in [-0.05, 0) is 37.2 Å². The molecule has 1 amide bonds. The van der Waals surface area contributed by atoms with E-state index in [1.54, 1.807) is 0 Å². The topological polar surface area (TPSA) is 58.4 Å². The standard InChI is InChI=1S/C12H19N3O/c1-9-6-11(15(3)8-12(13)16)5-4-10(9)7-14-2/h4-6,14H,7-8H2,1-3H3,(H2,13,16). The molecule has 0 heterocycles. The summed E-state index contributed by atoms with van der Waals surface area (Å²) < 4.78 is 0. The third-order valence-electron chi connectivity index (χ3n) is 2.53. The number of primary amides is 1. The van der Waals surface area contributed by atoms with Crippen LogP contribution in [0.15, 0.2) is 18.2 Å². The number of hydrogen-bond acceptors (Lipinski definition) is 3. The van der Waals surface area contributed by atoms with Crippen LogP contribution in [-0.2, 0) is 11.3 Å². The van der Waals surface area contributed by atoms with Gasteiger partial charge in [-0.15, -0.1) is 0 Å². The lowest BCUT2D eigenvalue weighted by atomic mass is 10.1. The normalized spacial score (nSPS) is 10.2. The largest absolute Gasteiger partial charge is 0.368 e. The van der Waals surface area contributed by atoms with Crippen LogP contribution in [0.4, 0.5) is 5.69 Å². The van der Waals surface area contributed by atoms with Crippen LogP contribution in [0.5, 0.6) is 0 Å². The van der Waals surface area contributed by atoms with Gasteiger partial charge in [-0.2, -0.15) is 0 Å². The zero-order chi connectivity index (χ0) is 12.1. The van der Waals surface area contributed by atoms with Gasteiger partial charge in [-0.1, -0.05) is 6.07 Å². The molecule has 0 aliphatic heterocycles. The number of benzene rings is 1. The molecule has 4 nitrogen and oxygen atoms in total. The second kappa shape index (κ2) is 5.51. The molecule has 0 aromatic heterocycles. The Kier molecular flexibility index (Phi) is 4.31. The number of hydrogen-bond donors (Lipinski definition) is 2. The molecule has 0 spiro atoms. The van der Waals surface area contributed by atoms with Gasteiger partial charge in [-0.3, -0.25) is 4.79 Å². The summed E-state index contributed by atoms with van der Waals surface area (Å²) in [5.41, 5.74) is 8.64. The van der Waals surface area contributed by atoms with Crippen molar-refractivity contribution in [2.45, 2.75) is 13.5 Å². The molecule has 88 valence electrons. The summed E-state index contributed by atoms with van der Waals surface area (Å²) in [5, 5.41) is 3.12. The third kappa shape index (κ3) is 3.24. The predicted molar refractivity (Wildman–Crippen MR) is 66.4 cm³/mol. The molecule has 16 heavy (non-hydrogen) atoms. The zero-order valence-electron chi connectivity index (χ0n) is 10.1. The number of nitrogens with zero attached hydrogens (tertiary/aromatic N) is 1. The molecule has 0 radical (unpaired) electrons. The Balaban J connectivity index is 2.83. The van der Waals surface area contributed by atoms with E-state index in [-0.39, 0.29) is 12.5 Å². The second-order valence-corrected chi connectivity index (χ2v) is 3.96. The molecule has 0 aliphatic rings. The van der Waals surface area contributed by atoms with Crippen molar-refractivity contribution in [3.8, 4) is 0 Å². The fraction of sp³-hybridized carbons (Fsp3) is 0.417. The molecule has 1 aromatic carbocycles. The first-order valence-corrected chi connectivity index (χ1v) is 5.28. The SMILES string of the molecule is CNCc1ccc(N(C)CC(N)=O)cc1C. The van der Waals surface area contributed by atoms with Crippen molar-refractivity contribution in [1.29, 1.82) is 0 Å². The molecule has 0 atom stereocenters. The first-order chi connectivity index (χ1) is 7.54. The van der Waals surface area contributed by atoms with Crippen LogP contribution < -0.4 is 16.0 Å². The number of aryl methyl sites for hydroxylation is 1. The molecule has 0 saturated carbocycles. The van der Waals surface area contributed by atoms with Gasteiger partial charge >= 0.3 is 0 Å². The molecule has 3 N–H and O–H groups in total. The minimum atomic E-state index is -0.320. The predicted octanol–water partition coefficient (Wildman–Crippen LogP) is 0.636. The monoisotopic (exact) mass is 221 g/mol. The van der Waals surface area contributed by atoms with Gasteiger partial charge in [0.1, 0.15) is 0 Å². The maximum atomic E-state index is 10.8. The van der Waals surface area contributed by atoms with Crippen LogP contribution in [0, 0.1) is 6.92 Å². The van der Waals surface area contributed by atoms with E-state index in [2.05, 4.69) is 24.4 Å². The molecule has 0 bridgehead atoms. The Labute approximate surface area is 96.4 Å². The summed E-state index contributed by atoms with van der Waals surface area (Å²) in [7, 11) is 3.78. The van der Waals surface area contributed by atoms with E-state index >= 15 is 0 Å². The van der Waals surface area contributed by atoms with Gasteiger partial charge in [0.15, 0.2) is 0 Å². The maximum absolute atomic E-state index is 10.8. The van der Waals surface area contributed by atoms with Crippen molar-refractivity contribution < 1.29 is 4.79 Å². The van der Waals surface area contributed by atoms with Crippen LogP contribution in [0.25, 0.3) is 0 Å². The number of anilines is 1. The average molecular weight is 221 g/mol. The van der Waals surface area contributed by atoms with Crippen LogP contribution in [0.2, 0.25) is 0 Å². The van der Waals surface area contributed by atoms with E-state index in [4.69, 9.17) is 5.73 Å². The second-order valence-electron chi connectivity index (χ2n) is 3.96. The number of nitrogens with two attached hydrogens (primary N) is 1. The molecule has 4 heteroatoms. The molecule has 0 unspecified atom stereocenters. The van der Waals surface area contributed by atoms with Gasteiger partial charge in [0.05, 0.1) is 6.54 Å². The molecular weight excluding hydrogens is 202 g/mol. The lowest BCUT2D eigenvalue weighted by Crippen LogP contribution is -2.30. The molecule has 0 saturated heterocycles. The Morgan fingerprint density at radius 1 is 1.50 bits per heavy atom. The molecule has 1 aromatic rings. The Morgan fingerprint density at radius 3 is 2.69 bits per heavy atom. The first-order valence-electron chi connectivity index (χ1n) is 5.28. The number of amides is 1. The van der Waals surface area contributed by atoms with Gasteiger partial charge in [0, 0.05) is 19.3 Å². The molecule has 0 fully saturated rings. The lowest BCUT2D eigenvalue weighted by molar-refractivity contribution is -0.116. The van der Waals surface area contributed by atoms with Gasteiger partial charge < -0.3 is 16.0 Å². The fourth-order valence-electron chi connectivity index (χ4n) is 1.63. The maximum Gasteiger partial charge on any atom is 0.236 e. The summed E-state index contributed by atoms with van der Waals surface area (Å²) in [4.78, 5) is 12.7. The smallest absolute Gasteiger partial charge is 0.236 e. The van der Waals surface area contributed by atoms with Gasteiger partial charge in [-0.25, -0.2) is 0 Å². The first kappa shape index (κ1) is 12.5. The lowest BCUT2D eigenvalue weighted by Gasteiger charge is -2.18. The van der Waals surface area contributed by atoms with E-state index in [0.717, 1.165) is 12.2 Å². The Hall–Kier alpha value is -1.55. The van der Waals surface area contributed by atoms with Gasteiger partial charge in [0.2, 0.25) is 5.91 Å². The zero-order valence-corrected chi connectivity index (χ0v) is 10.1. The molecule has 0 aliphatic carbocycles. The number of rotatable bonds is 5. The highest BCUT2D eigenvalue weighted by Crippen LogP contribution is 2.17. The van der Waals surface area contributed by atoms with E-state index < -0.39 is 0 Å². The number of carbonyl (C=O) groups excluding carboxylic acids is 1. The van der Waals surface area contributed by atoms with Crippen LogP contribution in [0.1, 0.15) is 11.1 Å². The minimum Gasteiger partial charge on any atom is -0.368 e. The van der Waals surface area contributed by atoms with Crippen LogP contribution in [0.3, 0.4) is 0 Å². The fourth-order valence-corrected chi connectivity index (χ4v) is 1.63. The quantitative estimate of drug-likeness (QED) is 0.767. The van der Waals surface area contributed by atoms with Crippen LogP contribution >= 0.6 is 0 Å². The highest BCUT2D eigenvalue weighted by atomic mass is 16.1. The van der Waals surface area contributed by atoms with Crippen LogP contribution in [-0.4, -0.2) is 26.5 Å². The van der Waals surface area contributed by atoms with Crippen molar-refractivity contribution in [2.75, 3.05) is 25.5 Å². The number of likely N-dealkylation sites (N-methyl/N-ethyl adjacent to an activating group) is 1. The van der Waals surface area contributed by atoms with E-state index in [1.807, 2.05) is 25.1 Å². The van der Waals surface area contributed by atoms with Gasteiger partial charge in [0.25, 0.3) is 0 Å².